The van der Waals surface area contributed by atoms with Crippen molar-refractivity contribution in [3.63, 3.8) is 0 Å². The van der Waals surface area contributed by atoms with Gasteiger partial charge in [0.25, 0.3) is 0 Å². The summed E-state index contributed by atoms with van der Waals surface area (Å²) in [6.07, 6.45) is 20.2. The van der Waals surface area contributed by atoms with Gasteiger partial charge in [-0.25, -0.2) is 4.57 Å². The fourth-order valence-electron chi connectivity index (χ4n) is 3.20. The number of hydrogen-bond donors (Lipinski definition) is 3. The third-order valence-electron chi connectivity index (χ3n) is 4.89. The first-order valence-corrected chi connectivity index (χ1v) is 12.9. The summed E-state index contributed by atoms with van der Waals surface area (Å²) in [6.45, 7) is 2.45. The van der Waals surface area contributed by atoms with Crippen molar-refractivity contribution in [2.45, 2.75) is 116 Å². The van der Waals surface area contributed by atoms with Crippen molar-refractivity contribution < 1.29 is 28.7 Å². The van der Waals surface area contributed by atoms with E-state index in [9.17, 15) is 9.67 Å². The highest BCUT2D eigenvalue weighted by Crippen LogP contribution is 2.35. The first-order chi connectivity index (χ1) is 13.5. The van der Waals surface area contributed by atoms with E-state index in [1.807, 2.05) is 0 Å². The molecule has 0 aromatic rings. The largest absolute Gasteiger partial charge is 0.469 e. The normalized spacial score (nSPS) is 13.1. The van der Waals surface area contributed by atoms with Crippen LogP contribution in [-0.2, 0) is 13.8 Å². The van der Waals surface area contributed by atoms with Gasteiger partial charge >= 0.3 is 7.82 Å². The number of aliphatic hydroxyl groups is 1. The van der Waals surface area contributed by atoms with Crippen molar-refractivity contribution >= 4 is 7.82 Å². The Morgan fingerprint density at radius 2 is 1.11 bits per heavy atom. The number of hydrogen-bond acceptors (Lipinski definition) is 4. The van der Waals surface area contributed by atoms with E-state index in [1.54, 1.807) is 0 Å². The van der Waals surface area contributed by atoms with Gasteiger partial charge in [-0.15, -0.1) is 0 Å². The Balaban J connectivity index is 3.13. The zero-order valence-electron chi connectivity index (χ0n) is 18.0. The summed E-state index contributed by atoms with van der Waals surface area (Å²) in [5.41, 5.74) is 0. The third kappa shape index (κ3) is 24.1. The molecule has 1 atom stereocenters. The molecule has 0 amide bonds. The molecular formula is C21H45O6P. The maximum Gasteiger partial charge on any atom is 0.469 e. The van der Waals surface area contributed by atoms with Gasteiger partial charge in [0.2, 0.25) is 0 Å². The van der Waals surface area contributed by atoms with Gasteiger partial charge in [0, 0.05) is 6.61 Å². The van der Waals surface area contributed by atoms with Crippen LogP contribution < -0.4 is 0 Å². The SMILES string of the molecule is CCCCCCCCCCCCCCCCCCO[14CH2][14C@@H](O)[14CH2]OP(=O)(O)O. The second-order valence-corrected chi connectivity index (χ2v) is 9.06. The molecule has 3 N–H and O–H groups in total. The average Bonchev–Trinajstić information content (AvgIpc) is 2.65. The topological polar surface area (TPSA) is 96.2 Å². The molecule has 6 nitrogen and oxygen atoms in total. The van der Waals surface area contributed by atoms with Crippen LogP contribution in [0.5, 0.6) is 0 Å². The molecule has 0 spiro atoms. The lowest BCUT2D eigenvalue weighted by atomic mass is 10.0. The lowest BCUT2D eigenvalue weighted by Crippen LogP contribution is -2.21. The van der Waals surface area contributed by atoms with Crippen molar-refractivity contribution in [3.8, 4) is 0 Å². The number of ether oxygens (including phenoxy) is 1. The Labute approximate surface area is 172 Å². The van der Waals surface area contributed by atoms with Crippen LogP contribution in [0.3, 0.4) is 0 Å². The molecular weight excluding hydrogens is 385 g/mol. The molecule has 0 aliphatic carbocycles. The molecule has 0 bridgehead atoms. The van der Waals surface area contributed by atoms with Gasteiger partial charge < -0.3 is 19.6 Å². The van der Waals surface area contributed by atoms with E-state index in [2.05, 4.69) is 11.4 Å². The van der Waals surface area contributed by atoms with E-state index in [1.165, 1.54) is 89.9 Å². The van der Waals surface area contributed by atoms with Crippen LogP contribution in [0, 0.1) is 0 Å². The van der Waals surface area contributed by atoms with Crippen molar-refractivity contribution in [1.82, 2.24) is 0 Å². The lowest BCUT2D eigenvalue weighted by Gasteiger charge is -2.12. The van der Waals surface area contributed by atoms with Crippen LogP contribution in [0.25, 0.3) is 0 Å². The summed E-state index contributed by atoms with van der Waals surface area (Å²) in [5, 5.41) is 9.45. The second kappa shape index (κ2) is 20.3. The first-order valence-electron chi connectivity index (χ1n) is 11.4. The van der Waals surface area contributed by atoms with E-state index < -0.39 is 20.5 Å². The molecule has 0 aliphatic heterocycles. The van der Waals surface area contributed by atoms with Crippen LogP contribution in [0.1, 0.15) is 110 Å². The molecule has 0 aliphatic rings. The molecule has 0 aromatic carbocycles. The van der Waals surface area contributed by atoms with E-state index >= 15 is 0 Å². The molecule has 170 valence electrons. The van der Waals surface area contributed by atoms with Gasteiger partial charge in [-0.3, -0.25) is 4.52 Å². The van der Waals surface area contributed by atoms with Crippen LogP contribution >= 0.6 is 7.82 Å². The fraction of sp³-hybridized carbons (Fsp3) is 1.00. The molecule has 0 saturated carbocycles. The highest BCUT2D eigenvalue weighted by atomic mass is 31.2. The van der Waals surface area contributed by atoms with Gasteiger partial charge in [-0.05, 0) is 6.42 Å². The predicted molar refractivity (Wildman–Crippen MR) is 114 cm³/mol. The fourth-order valence-corrected chi connectivity index (χ4v) is 3.57. The van der Waals surface area contributed by atoms with Gasteiger partial charge in [0.15, 0.2) is 0 Å². The quantitative estimate of drug-likeness (QED) is 0.150. The number of unbranched alkanes of at least 4 members (excludes halogenated alkanes) is 15. The molecule has 28 heavy (non-hydrogen) atoms. The monoisotopic (exact) mass is 430 g/mol. The summed E-state index contributed by atoms with van der Waals surface area (Å²) in [6, 6.07) is 0. The molecule has 0 rings (SSSR count). The minimum Gasteiger partial charge on any atom is -0.388 e. The van der Waals surface area contributed by atoms with Crippen LogP contribution in [0.15, 0.2) is 0 Å². The zero-order valence-corrected chi connectivity index (χ0v) is 18.9. The number of rotatable bonds is 22. The van der Waals surface area contributed by atoms with E-state index in [0.717, 1.165) is 12.8 Å². The molecule has 7 heteroatoms. The molecule has 0 unspecified atom stereocenters. The standard InChI is InChI=1S/C21H45O6P/c1-2-3-4-5-6-7-8-9-10-11-12-13-14-15-16-17-18-26-19-21(22)20-27-28(23,24)25/h21-22H,2-20H2,1H3,(H2,23,24,25)/t21-/m1/s1/i19+2,20+2,21+2. The maximum atomic E-state index is 10.5. The van der Waals surface area contributed by atoms with Crippen molar-refractivity contribution in [3.05, 3.63) is 0 Å². The lowest BCUT2D eigenvalue weighted by molar-refractivity contribution is 0.00476. The second-order valence-electron chi connectivity index (χ2n) is 7.82. The smallest absolute Gasteiger partial charge is 0.388 e. The molecule has 0 aromatic heterocycles. The van der Waals surface area contributed by atoms with Gasteiger partial charge in [0.1, 0.15) is 6.10 Å². The Morgan fingerprint density at radius 1 is 0.714 bits per heavy atom. The minimum absolute atomic E-state index is 0.0404. The Morgan fingerprint density at radius 3 is 1.50 bits per heavy atom. The summed E-state index contributed by atoms with van der Waals surface area (Å²) in [5.74, 6) is 0. The van der Waals surface area contributed by atoms with Crippen molar-refractivity contribution in [2.24, 2.45) is 0 Å². The van der Waals surface area contributed by atoms with E-state index in [-0.39, 0.29) is 6.61 Å². The number of aliphatic hydroxyl groups excluding tert-OH is 1. The predicted octanol–water partition coefficient (Wildman–Crippen LogP) is 5.73. The molecule has 0 heterocycles. The van der Waals surface area contributed by atoms with E-state index in [4.69, 9.17) is 14.5 Å². The summed E-state index contributed by atoms with van der Waals surface area (Å²) in [7, 11) is -4.51. The molecule has 0 fully saturated rings. The zero-order chi connectivity index (χ0) is 20.9. The van der Waals surface area contributed by atoms with Crippen molar-refractivity contribution in [1.29, 1.82) is 0 Å². The maximum absolute atomic E-state index is 10.5. The summed E-state index contributed by atoms with van der Waals surface area (Å²) in [4.78, 5) is 17.1. The van der Waals surface area contributed by atoms with Crippen LogP contribution in [0.2, 0.25) is 0 Å². The summed E-state index contributed by atoms with van der Waals surface area (Å²) < 4.78 is 20.0. The van der Waals surface area contributed by atoms with Gasteiger partial charge in [0.05, 0.1) is 13.2 Å². The van der Waals surface area contributed by atoms with Gasteiger partial charge in [-0.2, -0.15) is 0 Å². The summed E-state index contributed by atoms with van der Waals surface area (Å²) >= 11 is 0. The van der Waals surface area contributed by atoms with Crippen LogP contribution in [0.4, 0.5) is 0 Å². The highest BCUT2D eigenvalue weighted by molar-refractivity contribution is 7.46. The minimum atomic E-state index is -4.51. The highest BCUT2D eigenvalue weighted by Gasteiger charge is 2.16. The van der Waals surface area contributed by atoms with Crippen molar-refractivity contribution in [2.75, 3.05) is 19.8 Å². The molecule has 0 radical (unpaired) electrons. The van der Waals surface area contributed by atoms with Crippen LogP contribution in [-0.4, -0.2) is 40.8 Å². The van der Waals surface area contributed by atoms with E-state index in [0.29, 0.717) is 6.61 Å². The first kappa shape index (κ1) is 28.0. The third-order valence-corrected chi connectivity index (χ3v) is 5.37. The molecule has 0 saturated heterocycles. The Bertz CT molecular complexity index is 361. The number of phosphoric ester groups is 1. The average molecular weight is 431 g/mol. The Kier molecular flexibility index (Phi) is 20.3. The Hall–Kier alpha value is 0.0300. The number of phosphoric acid groups is 1. The van der Waals surface area contributed by atoms with Gasteiger partial charge in [-0.1, -0.05) is 103 Å².